The van der Waals surface area contributed by atoms with Crippen molar-refractivity contribution in [3.63, 3.8) is 0 Å². The fraction of sp³-hybridized carbons (Fsp3) is 0.467. The molecule has 3 nitrogen and oxygen atoms in total. The number of benzene rings is 1. The number of fused-ring (bicyclic) bond motifs is 4. The van der Waals surface area contributed by atoms with E-state index in [2.05, 4.69) is 37.0 Å². The summed E-state index contributed by atoms with van der Waals surface area (Å²) in [6.45, 7) is 5.58. The van der Waals surface area contributed by atoms with Crippen molar-refractivity contribution >= 4 is 11.6 Å². The molecule has 4 aliphatic carbocycles. The van der Waals surface area contributed by atoms with Gasteiger partial charge in [0.15, 0.2) is 11.6 Å². The molecule has 5 rings (SSSR count). The summed E-state index contributed by atoms with van der Waals surface area (Å²) in [5, 5.41) is 11.8. The fourth-order valence-corrected chi connectivity index (χ4v) is 7.23. The van der Waals surface area contributed by atoms with E-state index in [1.807, 2.05) is 24.3 Å². The van der Waals surface area contributed by atoms with E-state index in [9.17, 15) is 14.7 Å². The lowest BCUT2D eigenvalue weighted by atomic mass is 9.49. The zero-order valence-corrected chi connectivity index (χ0v) is 19.8. The van der Waals surface area contributed by atoms with Gasteiger partial charge in [-0.15, -0.1) is 5.92 Å². The van der Waals surface area contributed by atoms with Gasteiger partial charge in [0.1, 0.15) is 5.60 Å². The highest BCUT2D eigenvalue weighted by Gasteiger charge is 2.61. The Kier molecular flexibility index (Phi) is 5.33. The van der Waals surface area contributed by atoms with Gasteiger partial charge in [0, 0.05) is 23.3 Å². The molecule has 0 aromatic heterocycles. The summed E-state index contributed by atoms with van der Waals surface area (Å²) in [6.07, 6.45) is 11.0. The van der Waals surface area contributed by atoms with E-state index in [0.717, 1.165) is 37.7 Å². The predicted octanol–water partition coefficient (Wildman–Crippen LogP) is 5.71. The van der Waals surface area contributed by atoms with Crippen LogP contribution in [0.25, 0.3) is 0 Å². The van der Waals surface area contributed by atoms with Crippen LogP contribution in [0.5, 0.6) is 0 Å². The van der Waals surface area contributed by atoms with E-state index in [4.69, 9.17) is 0 Å². The van der Waals surface area contributed by atoms with Gasteiger partial charge in [-0.25, -0.2) is 0 Å². The molecule has 0 spiro atoms. The van der Waals surface area contributed by atoms with Crippen molar-refractivity contribution in [3.05, 3.63) is 70.3 Å². The van der Waals surface area contributed by atoms with Crippen molar-refractivity contribution in [3.8, 4) is 11.8 Å². The van der Waals surface area contributed by atoms with Crippen LogP contribution >= 0.6 is 0 Å². The largest absolute Gasteiger partial charge is 0.373 e. The number of aliphatic hydroxyl groups is 1. The van der Waals surface area contributed by atoms with Crippen LogP contribution in [0.2, 0.25) is 0 Å². The van der Waals surface area contributed by atoms with E-state index < -0.39 is 5.60 Å². The molecule has 0 unspecified atom stereocenters. The lowest BCUT2D eigenvalue weighted by molar-refractivity contribution is -0.114. The summed E-state index contributed by atoms with van der Waals surface area (Å²) in [7, 11) is 0. The Bertz CT molecular complexity index is 1170. The van der Waals surface area contributed by atoms with Crippen molar-refractivity contribution in [2.45, 2.75) is 70.8 Å². The van der Waals surface area contributed by atoms with Gasteiger partial charge in [-0.3, -0.25) is 9.59 Å². The summed E-state index contributed by atoms with van der Waals surface area (Å²) in [6, 6.07) is 8.04. The third-order valence-corrected chi connectivity index (χ3v) is 8.80. The highest BCUT2D eigenvalue weighted by molar-refractivity contribution is 5.94. The Morgan fingerprint density at radius 2 is 1.94 bits per heavy atom. The standard InChI is InChI=1S/C30H32O3/c1-4-15-30(33)16-14-27-25-12-10-22-17-23(32)11-13-24(22)28(25)26(18-29(27,30)5-2)21-8-6-20(7-9-21)19(3)31/h6-9,14,16-17,25-27,33H,5,10-13,18H2,1-3H3/t25-,26+,27-,29-,30-/m0/s1. The van der Waals surface area contributed by atoms with Crippen molar-refractivity contribution in [2.24, 2.45) is 17.3 Å². The summed E-state index contributed by atoms with van der Waals surface area (Å²) < 4.78 is 0. The number of carbonyl (C=O) groups excluding carboxylic acids is 2. The van der Waals surface area contributed by atoms with Crippen LogP contribution < -0.4 is 0 Å². The fourth-order valence-electron chi connectivity index (χ4n) is 7.23. The third kappa shape index (κ3) is 3.22. The van der Waals surface area contributed by atoms with E-state index in [0.29, 0.717) is 12.3 Å². The van der Waals surface area contributed by atoms with Crippen molar-refractivity contribution < 1.29 is 14.7 Å². The molecule has 0 bridgehead atoms. The molecular formula is C30H32O3. The van der Waals surface area contributed by atoms with Gasteiger partial charge in [-0.2, -0.15) is 0 Å². The average molecular weight is 441 g/mol. The molecule has 0 heterocycles. The molecule has 1 N–H and O–H groups in total. The number of Topliss-reactive ketones (excluding diaryl/α,β-unsaturated/α-hetero) is 1. The first-order chi connectivity index (χ1) is 15.8. The van der Waals surface area contributed by atoms with Crippen molar-refractivity contribution in [2.75, 3.05) is 0 Å². The number of ketones is 2. The van der Waals surface area contributed by atoms with Crippen molar-refractivity contribution in [1.82, 2.24) is 0 Å². The minimum absolute atomic E-state index is 0.0662. The molecule has 0 amide bonds. The molecule has 33 heavy (non-hydrogen) atoms. The minimum atomic E-state index is -1.13. The summed E-state index contributed by atoms with van der Waals surface area (Å²) in [4.78, 5) is 24.1. The van der Waals surface area contributed by atoms with Gasteiger partial charge in [0.25, 0.3) is 0 Å². The van der Waals surface area contributed by atoms with Crippen LogP contribution in [0, 0.1) is 29.1 Å². The molecule has 1 aromatic carbocycles. The quantitative estimate of drug-likeness (QED) is 0.372. The molecule has 0 aliphatic heterocycles. The first-order valence-electron chi connectivity index (χ1n) is 12.3. The highest BCUT2D eigenvalue weighted by atomic mass is 16.3. The summed E-state index contributed by atoms with van der Waals surface area (Å²) >= 11 is 0. The minimum Gasteiger partial charge on any atom is -0.373 e. The first kappa shape index (κ1) is 22.1. The van der Waals surface area contributed by atoms with Crippen LogP contribution in [0.3, 0.4) is 0 Å². The average Bonchev–Trinajstić information content (AvgIpc) is 3.10. The van der Waals surface area contributed by atoms with Crippen LogP contribution in [0.4, 0.5) is 0 Å². The SMILES string of the molecule is CC#C[C@]1(O)C=C[C@H]2[C@@H]3CCC4=CC(=O)CCC4=C3[C@@H](c3ccc(C(C)=O)cc3)C[C@@]21CC. The van der Waals surface area contributed by atoms with E-state index >= 15 is 0 Å². The van der Waals surface area contributed by atoms with Crippen LogP contribution in [0.15, 0.2) is 59.2 Å². The number of carbonyl (C=O) groups is 2. The molecule has 3 heteroatoms. The number of allylic oxidation sites excluding steroid dienone is 5. The maximum atomic E-state index is 12.2. The van der Waals surface area contributed by atoms with Crippen LogP contribution in [-0.4, -0.2) is 22.3 Å². The summed E-state index contributed by atoms with van der Waals surface area (Å²) in [5.74, 6) is 7.18. The second-order valence-corrected chi connectivity index (χ2v) is 10.2. The lowest BCUT2D eigenvalue weighted by Gasteiger charge is -2.55. The predicted molar refractivity (Wildman–Crippen MR) is 130 cm³/mol. The monoisotopic (exact) mass is 440 g/mol. The molecule has 1 fully saturated rings. The molecule has 170 valence electrons. The van der Waals surface area contributed by atoms with E-state index in [1.54, 1.807) is 13.8 Å². The van der Waals surface area contributed by atoms with E-state index in [-0.39, 0.29) is 28.8 Å². The van der Waals surface area contributed by atoms with Gasteiger partial charge < -0.3 is 5.11 Å². The number of rotatable bonds is 3. The number of hydrogen-bond acceptors (Lipinski definition) is 3. The molecule has 1 saturated carbocycles. The maximum absolute atomic E-state index is 12.2. The van der Waals surface area contributed by atoms with Gasteiger partial charge in [0.2, 0.25) is 0 Å². The normalized spacial score (nSPS) is 34.6. The second-order valence-electron chi connectivity index (χ2n) is 10.2. The molecule has 0 radical (unpaired) electrons. The van der Waals surface area contributed by atoms with E-state index in [1.165, 1.54) is 22.3 Å². The third-order valence-electron chi connectivity index (χ3n) is 8.80. The van der Waals surface area contributed by atoms with Gasteiger partial charge >= 0.3 is 0 Å². The molecule has 0 saturated heterocycles. The number of hydrogen-bond donors (Lipinski definition) is 1. The molecule has 1 aromatic rings. The Hall–Kier alpha value is -2.70. The van der Waals surface area contributed by atoms with Crippen LogP contribution in [-0.2, 0) is 4.79 Å². The summed E-state index contributed by atoms with van der Waals surface area (Å²) in [5.41, 5.74) is 4.49. The van der Waals surface area contributed by atoms with Gasteiger partial charge in [-0.1, -0.05) is 48.8 Å². The zero-order chi connectivity index (χ0) is 23.4. The smallest absolute Gasteiger partial charge is 0.159 e. The highest BCUT2D eigenvalue weighted by Crippen LogP contribution is 2.65. The van der Waals surface area contributed by atoms with Crippen LogP contribution in [0.1, 0.15) is 81.1 Å². The maximum Gasteiger partial charge on any atom is 0.159 e. The second kappa shape index (κ2) is 7.96. The topological polar surface area (TPSA) is 54.4 Å². The zero-order valence-electron chi connectivity index (χ0n) is 19.8. The Balaban J connectivity index is 1.70. The Labute approximate surface area is 196 Å². The lowest BCUT2D eigenvalue weighted by Crippen LogP contribution is -2.53. The first-order valence-corrected chi connectivity index (χ1v) is 12.3. The molecular weight excluding hydrogens is 408 g/mol. The molecule has 4 aliphatic rings. The van der Waals surface area contributed by atoms with Gasteiger partial charge in [-0.05, 0) is 86.6 Å². The Morgan fingerprint density at radius 1 is 1.18 bits per heavy atom. The van der Waals surface area contributed by atoms with Crippen molar-refractivity contribution in [1.29, 1.82) is 0 Å². The Morgan fingerprint density at radius 3 is 2.61 bits per heavy atom. The molecule has 5 atom stereocenters. The van der Waals surface area contributed by atoms with Gasteiger partial charge in [0.05, 0.1) is 0 Å².